The maximum Gasteiger partial charge on any atom is 0.244 e. The van der Waals surface area contributed by atoms with Gasteiger partial charge in [0.05, 0.1) is 19.9 Å². The van der Waals surface area contributed by atoms with E-state index in [0.717, 1.165) is 11.3 Å². The Hall–Kier alpha value is -3.02. The van der Waals surface area contributed by atoms with Crippen molar-refractivity contribution in [1.29, 1.82) is 0 Å². The molecule has 6 nitrogen and oxygen atoms in total. The number of ether oxygens (including phenoxy) is 2. The summed E-state index contributed by atoms with van der Waals surface area (Å²) in [5.74, 6) is 0.488. The van der Waals surface area contributed by atoms with Crippen LogP contribution in [0.1, 0.15) is 33.3 Å². The molecule has 0 aliphatic carbocycles. The highest BCUT2D eigenvalue weighted by Gasteiger charge is 2.22. The van der Waals surface area contributed by atoms with E-state index in [0.29, 0.717) is 17.2 Å². The van der Waals surface area contributed by atoms with Gasteiger partial charge >= 0.3 is 0 Å². The predicted octanol–water partition coefficient (Wildman–Crippen LogP) is 3.99. The SMILES string of the molecule is COc1ccc(OC)c(N(CC(=O)Nc2ccccc2C(C)(C)C)C(C)=O)c1. The van der Waals surface area contributed by atoms with Crippen LogP contribution in [0.15, 0.2) is 42.5 Å². The van der Waals surface area contributed by atoms with Crippen LogP contribution >= 0.6 is 0 Å². The Morgan fingerprint density at radius 2 is 1.71 bits per heavy atom. The maximum atomic E-state index is 12.8. The summed E-state index contributed by atoms with van der Waals surface area (Å²) in [5.41, 5.74) is 2.12. The molecule has 0 fully saturated rings. The Labute approximate surface area is 166 Å². The highest BCUT2D eigenvalue weighted by molar-refractivity contribution is 6.03. The molecule has 150 valence electrons. The van der Waals surface area contributed by atoms with Gasteiger partial charge in [-0.2, -0.15) is 0 Å². The molecule has 0 radical (unpaired) electrons. The van der Waals surface area contributed by atoms with Gasteiger partial charge in [0.25, 0.3) is 0 Å². The van der Waals surface area contributed by atoms with Crippen LogP contribution in [0.4, 0.5) is 11.4 Å². The van der Waals surface area contributed by atoms with Crippen LogP contribution in [0, 0.1) is 0 Å². The fraction of sp³-hybridized carbons (Fsp3) is 0.364. The molecule has 0 unspecified atom stereocenters. The van der Waals surface area contributed by atoms with Crippen molar-refractivity contribution in [3.63, 3.8) is 0 Å². The van der Waals surface area contributed by atoms with Crippen molar-refractivity contribution in [3.05, 3.63) is 48.0 Å². The Morgan fingerprint density at radius 3 is 2.29 bits per heavy atom. The van der Waals surface area contributed by atoms with Gasteiger partial charge < -0.3 is 14.8 Å². The van der Waals surface area contributed by atoms with E-state index in [2.05, 4.69) is 26.1 Å². The summed E-state index contributed by atoms with van der Waals surface area (Å²) in [7, 11) is 3.06. The summed E-state index contributed by atoms with van der Waals surface area (Å²) < 4.78 is 10.6. The van der Waals surface area contributed by atoms with Crippen molar-refractivity contribution in [2.75, 3.05) is 31.0 Å². The number of methoxy groups -OCH3 is 2. The quantitative estimate of drug-likeness (QED) is 0.818. The normalized spacial score (nSPS) is 10.9. The molecule has 0 heterocycles. The number of rotatable bonds is 6. The second kappa shape index (κ2) is 8.78. The molecule has 2 rings (SSSR count). The molecule has 0 saturated heterocycles. The first-order valence-corrected chi connectivity index (χ1v) is 9.07. The number of para-hydroxylation sites is 1. The van der Waals surface area contributed by atoms with Crippen LogP contribution < -0.4 is 19.7 Å². The summed E-state index contributed by atoms with van der Waals surface area (Å²) in [6.07, 6.45) is 0. The predicted molar refractivity (Wildman–Crippen MR) is 111 cm³/mol. The molecule has 0 bridgehead atoms. The first-order chi connectivity index (χ1) is 13.2. The molecular weight excluding hydrogens is 356 g/mol. The minimum atomic E-state index is -0.295. The monoisotopic (exact) mass is 384 g/mol. The Kier molecular flexibility index (Phi) is 6.67. The van der Waals surface area contributed by atoms with Crippen molar-refractivity contribution in [2.45, 2.75) is 33.1 Å². The van der Waals surface area contributed by atoms with Crippen LogP contribution in [0.2, 0.25) is 0 Å². The topological polar surface area (TPSA) is 67.9 Å². The minimum Gasteiger partial charge on any atom is -0.497 e. The molecule has 0 spiro atoms. The van der Waals surface area contributed by atoms with E-state index in [1.807, 2.05) is 24.3 Å². The molecule has 0 aliphatic rings. The number of hydrogen-bond donors (Lipinski definition) is 1. The van der Waals surface area contributed by atoms with Gasteiger partial charge in [0, 0.05) is 18.7 Å². The fourth-order valence-corrected chi connectivity index (χ4v) is 2.95. The standard InChI is InChI=1S/C22H28N2O4/c1-15(25)24(19-13-16(27-5)11-12-20(19)28-6)14-21(26)23-18-10-8-7-9-17(18)22(2,3)4/h7-13H,14H2,1-6H3,(H,23,26). The van der Waals surface area contributed by atoms with Crippen LogP contribution in [0.5, 0.6) is 11.5 Å². The molecule has 2 aromatic rings. The average Bonchev–Trinajstić information content (AvgIpc) is 2.65. The molecule has 0 aromatic heterocycles. The number of amides is 2. The van der Waals surface area contributed by atoms with E-state index in [1.165, 1.54) is 18.9 Å². The third-order valence-corrected chi connectivity index (χ3v) is 4.37. The maximum absolute atomic E-state index is 12.8. The fourth-order valence-electron chi connectivity index (χ4n) is 2.95. The van der Waals surface area contributed by atoms with Gasteiger partial charge in [-0.3, -0.25) is 14.5 Å². The number of carbonyl (C=O) groups is 2. The number of carbonyl (C=O) groups excluding carboxylic acids is 2. The van der Waals surface area contributed by atoms with Gasteiger partial charge in [-0.15, -0.1) is 0 Å². The Morgan fingerprint density at radius 1 is 1.04 bits per heavy atom. The summed E-state index contributed by atoms with van der Waals surface area (Å²) in [6.45, 7) is 7.52. The van der Waals surface area contributed by atoms with Crippen LogP contribution in [0.3, 0.4) is 0 Å². The molecule has 1 N–H and O–H groups in total. The first kappa shape index (κ1) is 21.3. The summed E-state index contributed by atoms with van der Waals surface area (Å²) >= 11 is 0. The second-order valence-corrected chi connectivity index (χ2v) is 7.49. The molecule has 0 aliphatic heterocycles. The van der Waals surface area contributed by atoms with E-state index in [4.69, 9.17) is 9.47 Å². The zero-order valence-corrected chi connectivity index (χ0v) is 17.3. The van der Waals surface area contributed by atoms with E-state index in [9.17, 15) is 9.59 Å². The van der Waals surface area contributed by atoms with Gasteiger partial charge in [0.1, 0.15) is 18.0 Å². The van der Waals surface area contributed by atoms with E-state index in [1.54, 1.807) is 25.3 Å². The highest BCUT2D eigenvalue weighted by Crippen LogP contribution is 2.33. The van der Waals surface area contributed by atoms with Crippen LogP contribution in [-0.2, 0) is 15.0 Å². The lowest BCUT2D eigenvalue weighted by Gasteiger charge is -2.25. The average molecular weight is 384 g/mol. The zero-order chi connectivity index (χ0) is 20.9. The van der Waals surface area contributed by atoms with Gasteiger partial charge in [-0.05, 0) is 29.2 Å². The van der Waals surface area contributed by atoms with Gasteiger partial charge in [0.15, 0.2) is 0 Å². The van der Waals surface area contributed by atoms with Gasteiger partial charge in [-0.1, -0.05) is 39.0 Å². The van der Waals surface area contributed by atoms with Gasteiger partial charge in [-0.25, -0.2) is 0 Å². The molecule has 0 saturated carbocycles. The number of anilines is 2. The minimum absolute atomic E-state index is 0.125. The Balaban J connectivity index is 2.30. The summed E-state index contributed by atoms with van der Waals surface area (Å²) in [5, 5.41) is 2.93. The zero-order valence-electron chi connectivity index (χ0n) is 17.3. The van der Waals surface area contributed by atoms with Gasteiger partial charge in [0.2, 0.25) is 11.8 Å². The summed E-state index contributed by atoms with van der Waals surface area (Å²) in [4.78, 5) is 26.4. The van der Waals surface area contributed by atoms with Crippen molar-refractivity contribution >= 4 is 23.2 Å². The third-order valence-electron chi connectivity index (χ3n) is 4.37. The number of nitrogens with one attached hydrogen (secondary N) is 1. The lowest BCUT2D eigenvalue weighted by Crippen LogP contribution is -2.37. The molecular formula is C22H28N2O4. The molecule has 0 atom stereocenters. The summed E-state index contributed by atoms with van der Waals surface area (Å²) in [6, 6.07) is 12.8. The number of benzene rings is 2. The van der Waals surface area contributed by atoms with Crippen molar-refractivity contribution in [2.24, 2.45) is 0 Å². The Bertz CT molecular complexity index is 856. The van der Waals surface area contributed by atoms with E-state index < -0.39 is 0 Å². The van der Waals surface area contributed by atoms with Crippen LogP contribution in [-0.4, -0.2) is 32.6 Å². The second-order valence-electron chi connectivity index (χ2n) is 7.49. The molecule has 28 heavy (non-hydrogen) atoms. The third kappa shape index (κ3) is 5.03. The molecule has 6 heteroatoms. The molecule has 2 amide bonds. The van der Waals surface area contributed by atoms with Crippen molar-refractivity contribution in [3.8, 4) is 11.5 Å². The van der Waals surface area contributed by atoms with Crippen molar-refractivity contribution in [1.82, 2.24) is 0 Å². The smallest absolute Gasteiger partial charge is 0.244 e. The lowest BCUT2D eigenvalue weighted by atomic mass is 9.86. The molecule has 2 aromatic carbocycles. The van der Waals surface area contributed by atoms with Crippen molar-refractivity contribution < 1.29 is 19.1 Å². The first-order valence-electron chi connectivity index (χ1n) is 9.07. The highest BCUT2D eigenvalue weighted by atomic mass is 16.5. The number of hydrogen-bond acceptors (Lipinski definition) is 4. The van der Waals surface area contributed by atoms with Crippen LogP contribution in [0.25, 0.3) is 0 Å². The largest absolute Gasteiger partial charge is 0.497 e. The number of nitrogens with zero attached hydrogens (tertiary/aromatic N) is 1. The lowest BCUT2D eigenvalue weighted by molar-refractivity contribution is -0.120. The van der Waals surface area contributed by atoms with E-state index >= 15 is 0 Å². The van der Waals surface area contributed by atoms with E-state index in [-0.39, 0.29) is 23.8 Å².